The van der Waals surface area contributed by atoms with E-state index in [1.54, 1.807) is 28.0 Å². The van der Waals surface area contributed by atoms with Crippen LogP contribution >= 0.6 is 0 Å². The number of rotatable bonds is 8. The lowest BCUT2D eigenvalue weighted by Crippen LogP contribution is -2.56. The summed E-state index contributed by atoms with van der Waals surface area (Å²) >= 11 is 0. The summed E-state index contributed by atoms with van der Waals surface area (Å²) in [5, 5.41) is 10.3. The Bertz CT molecular complexity index is 1020. The van der Waals surface area contributed by atoms with Crippen LogP contribution in [0.15, 0.2) is 36.7 Å². The van der Waals surface area contributed by atoms with Gasteiger partial charge in [0.05, 0.1) is 6.20 Å². The minimum atomic E-state index is -0.582. The molecule has 3 heterocycles. The van der Waals surface area contributed by atoms with E-state index in [2.05, 4.69) is 20.7 Å². The molecule has 0 bridgehead atoms. The molecule has 9 heteroatoms. The second-order valence-electron chi connectivity index (χ2n) is 9.69. The van der Waals surface area contributed by atoms with Crippen LogP contribution in [0.5, 0.6) is 0 Å². The Morgan fingerprint density at radius 2 is 1.86 bits per heavy atom. The summed E-state index contributed by atoms with van der Waals surface area (Å²) in [6, 6.07) is 6.03. The molecular weight excluding hydrogens is 444 g/mol. The van der Waals surface area contributed by atoms with Gasteiger partial charge >= 0.3 is 0 Å². The van der Waals surface area contributed by atoms with Crippen LogP contribution in [0.2, 0.25) is 0 Å². The molecule has 1 saturated heterocycles. The van der Waals surface area contributed by atoms with Crippen molar-refractivity contribution in [1.29, 1.82) is 0 Å². The summed E-state index contributed by atoms with van der Waals surface area (Å²) in [7, 11) is 0. The highest BCUT2D eigenvalue weighted by atomic mass is 16.2. The van der Waals surface area contributed by atoms with Crippen molar-refractivity contribution in [3.05, 3.63) is 36.7 Å². The molecule has 1 saturated carbocycles. The lowest BCUT2D eigenvalue weighted by molar-refractivity contribution is -0.142. The summed E-state index contributed by atoms with van der Waals surface area (Å²) < 4.78 is 1.57. The molecule has 1 aliphatic heterocycles. The van der Waals surface area contributed by atoms with E-state index in [1.165, 1.54) is 0 Å². The molecule has 3 atom stereocenters. The molecule has 2 aromatic rings. The quantitative estimate of drug-likeness (QED) is 0.603. The molecule has 2 N–H and O–H groups in total. The second kappa shape index (κ2) is 11.5. The lowest BCUT2D eigenvalue weighted by atomic mass is 9.83. The third-order valence-corrected chi connectivity index (χ3v) is 7.34. The topological polar surface area (TPSA) is 109 Å². The lowest BCUT2D eigenvalue weighted by Gasteiger charge is -2.35. The standard InChI is InChI=1S/C26H36N6O3/c1-3-18(2)24(33)30-23(19-10-5-4-6-11-19)26(35)31-17-9-12-20(31)25(34)29-22-14-16-28-32(22)21-13-7-8-15-27-21/h7-8,13-16,18-20,23H,3-6,9-12,17H2,1-2H3,(H,29,34)(H,30,33)/t18-,20+,23+/m1/s1. The summed E-state index contributed by atoms with van der Waals surface area (Å²) in [6.45, 7) is 4.37. The average Bonchev–Trinajstić information content (AvgIpc) is 3.57. The molecule has 2 fully saturated rings. The number of hydrogen-bond acceptors (Lipinski definition) is 5. The number of nitrogens with zero attached hydrogens (tertiary/aromatic N) is 4. The second-order valence-corrected chi connectivity index (χ2v) is 9.69. The Balaban J connectivity index is 1.50. The Hall–Kier alpha value is -3.23. The van der Waals surface area contributed by atoms with Gasteiger partial charge in [0.1, 0.15) is 17.9 Å². The highest BCUT2D eigenvalue weighted by Crippen LogP contribution is 2.30. The molecule has 4 rings (SSSR count). The van der Waals surface area contributed by atoms with Crippen molar-refractivity contribution in [2.24, 2.45) is 11.8 Å². The van der Waals surface area contributed by atoms with Crippen molar-refractivity contribution in [3.63, 3.8) is 0 Å². The van der Waals surface area contributed by atoms with Crippen LogP contribution in [0, 0.1) is 11.8 Å². The van der Waals surface area contributed by atoms with Crippen molar-refractivity contribution in [2.45, 2.75) is 77.3 Å². The smallest absolute Gasteiger partial charge is 0.248 e. The third kappa shape index (κ3) is 5.71. The largest absolute Gasteiger partial charge is 0.344 e. The van der Waals surface area contributed by atoms with Gasteiger partial charge in [0.2, 0.25) is 17.7 Å². The molecule has 0 radical (unpaired) electrons. The van der Waals surface area contributed by atoms with Gasteiger partial charge in [-0.2, -0.15) is 9.78 Å². The first-order chi connectivity index (χ1) is 17.0. The van der Waals surface area contributed by atoms with E-state index in [4.69, 9.17) is 0 Å². The molecule has 3 amide bonds. The molecule has 188 valence electrons. The van der Waals surface area contributed by atoms with Gasteiger partial charge in [-0.15, -0.1) is 0 Å². The zero-order valence-electron chi connectivity index (χ0n) is 20.7. The predicted molar refractivity (Wildman–Crippen MR) is 133 cm³/mol. The summed E-state index contributed by atoms with van der Waals surface area (Å²) in [5.41, 5.74) is 0. The number of aromatic nitrogens is 3. The van der Waals surface area contributed by atoms with Gasteiger partial charge in [-0.3, -0.25) is 14.4 Å². The van der Waals surface area contributed by atoms with Crippen LogP contribution in [0.3, 0.4) is 0 Å². The minimum Gasteiger partial charge on any atom is -0.344 e. The fourth-order valence-electron chi connectivity index (χ4n) is 5.08. The number of likely N-dealkylation sites (tertiary alicyclic amines) is 1. The van der Waals surface area contributed by atoms with Gasteiger partial charge in [-0.1, -0.05) is 39.2 Å². The first kappa shape index (κ1) is 24.9. The van der Waals surface area contributed by atoms with Crippen molar-refractivity contribution < 1.29 is 14.4 Å². The molecule has 0 aromatic carbocycles. The van der Waals surface area contributed by atoms with Gasteiger partial charge in [0.15, 0.2) is 5.82 Å². The first-order valence-corrected chi connectivity index (χ1v) is 12.9. The number of nitrogens with one attached hydrogen (secondary N) is 2. The van der Waals surface area contributed by atoms with Gasteiger partial charge in [0, 0.05) is 24.7 Å². The van der Waals surface area contributed by atoms with E-state index in [1.807, 2.05) is 32.0 Å². The number of anilines is 1. The molecule has 1 aliphatic carbocycles. The molecule has 2 aliphatic rings. The number of pyridine rings is 1. The van der Waals surface area contributed by atoms with Gasteiger partial charge < -0.3 is 15.5 Å². The van der Waals surface area contributed by atoms with Crippen LogP contribution in [0.25, 0.3) is 5.82 Å². The van der Waals surface area contributed by atoms with Crippen LogP contribution < -0.4 is 10.6 Å². The molecule has 0 unspecified atom stereocenters. The van der Waals surface area contributed by atoms with E-state index in [0.717, 1.165) is 44.9 Å². The van der Waals surface area contributed by atoms with Crippen LogP contribution in [0.4, 0.5) is 5.82 Å². The highest BCUT2D eigenvalue weighted by Gasteiger charge is 2.41. The summed E-state index contributed by atoms with van der Waals surface area (Å²) in [4.78, 5) is 45.9. The Labute approximate surface area is 206 Å². The first-order valence-electron chi connectivity index (χ1n) is 12.9. The van der Waals surface area contributed by atoms with Crippen molar-refractivity contribution in [2.75, 3.05) is 11.9 Å². The maximum absolute atomic E-state index is 13.8. The number of hydrogen-bond donors (Lipinski definition) is 2. The highest BCUT2D eigenvalue weighted by molar-refractivity contribution is 5.98. The Kier molecular flexibility index (Phi) is 8.15. The fourth-order valence-corrected chi connectivity index (χ4v) is 5.08. The molecule has 9 nitrogen and oxygen atoms in total. The molecule has 0 spiro atoms. The van der Waals surface area contributed by atoms with Crippen LogP contribution in [-0.2, 0) is 14.4 Å². The van der Waals surface area contributed by atoms with Crippen molar-refractivity contribution in [1.82, 2.24) is 25.0 Å². The van der Waals surface area contributed by atoms with E-state index in [-0.39, 0.29) is 29.6 Å². The average molecular weight is 481 g/mol. The normalized spacial score (nSPS) is 20.3. The third-order valence-electron chi connectivity index (χ3n) is 7.34. The predicted octanol–water partition coefficient (Wildman–Crippen LogP) is 3.31. The summed E-state index contributed by atoms with van der Waals surface area (Å²) in [5.74, 6) is 0.585. The minimum absolute atomic E-state index is 0.0871. The zero-order valence-corrected chi connectivity index (χ0v) is 20.7. The van der Waals surface area contributed by atoms with Crippen LogP contribution in [0.1, 0.15) is 65.2 Å². The fraction of sp³-hybridized carbons (Fsp3) is 0.577. The SMILES string of the molecule is CC[C@@H](C)C(=O)N[C@H](C(=O)N1CCC[C@H]1C(=O)Nc1ccnn1-c1ccccn1)C1CCCCC1. The summed E-state index contributed by atoms with van der Waals surface area (Å²) in [6.07, 6.45) is 10.5. The van der Waals surface area contributed by atoms with Crippen molar-refractivity contribution in [3.8, 4) is 5.82 Å². The van der Waals surface area contributed by atoms with E-state index in [9.17, 15) is 14.4 Å². The monoisotopic (exact) mass is 480 g/mol. The molecular formula is C26H36N6O3. The van der Waals surface area contributed by atoms with E-state index >= 15 is 0 Å². The number of carbonyl (C=O) groups is 3. The van der Waals surface area contributed by atoms with Gasteiger partial charge in [0.25, 0.3) is 0 Å². The van der Waals surface area contributed by atoms with Crippen LogP contribution in [-0.4, -0.2) is 56.0 Å². The number of amides is 3. The molecule has 2 aromatic heterocycles. The zero-order chi connectivity index (χ0) is 24.8. The van der Waals surface area contributed by atoms with Gasteiger partial charge in [-0.25, -0.2) is 4.98 Å². The van der Waals surface area contributed by atoms with Crippen molar-refractivity contribution >= 4 is 23.5 Å². The van der Waals surface area contributed by atoms with E-state index < -0.39 is 12.1 Å². The number of carbonyl (C=O) groups excluding carboxylic acids is 3. The maximum atomic E-state index is 13.8. The Morgan fingerprint density at radius 1 is 1.06 bits per heavy atom. The molecule has 35 heavy (non-hydrogen) atoms. The van der Waals surface area contributed by atoms with Gasteiger partial charge in [-0.05, 0) is 50.2 Å². The Morgan fingerprint density at radius 3 is 2.57 bits per heavy atom. The van der Waals surface area contributed by atoms with E-state index in [0.29, 0.717) is 24.6 Å². The maximum Gasteiger partial charge on any atom is 0.248 e.